The van der Waals surface area contributed by atoms with Gasteiger partial charge in [-0.05, 0) is 60.2 Å². The number of carbonyl (C=O) groups is 2. The minimum atomic E-state index is -0.370. The number of nitrogens with zero attached hydrogens (tertiary/aromatic N) is 3. The number of hydrogen-bond donors (Lipinski definition) is 1. The van der Waals surface area contributed by atoms with Crippen LogP contribution in [0, 0.1) is 0 Å². The molecule has 1 N–H and O–H groups in total. The molecule has 2 amide bonds. The first kappa shape index (κ1) is 22.2. The summed E-state index contributed by atoms with van der Waals surface area (Å²) < 4.78 is 5.22. The molecule has 0 spiro atoms. The van der Waals surface area contributed by atoms with E-state index in [9.17, 15) is 9.59 Å². The van der Waals surface area contributed by atoms with Gasteiger partial charge in [-0.2, -0.15) is 0 Å². The van der Waals surface area contributed by atoms with Crippen molar-refractivity contribution in [2.24, 2.45) is 0 Å². The Morgan fingerprint density at radius 3 is 2.17 bits per heavy atom. The maximum absolute atomic E-state index is 12.7. The molecular formula is C28H21N3O4. The predicted octanol–water partition coefficient (Wildman–Crippen LogP) is 4.77. The second kappa shape index (κ2) is 9.32. The minimum absolute atomic E-state index is 0.0881. The van der Waals surface area contributed by atoms with Gasteiger partial charge in [-0.3, -0.25) is 19.6 Å². The zero-order chi connectivity index (χ0) is 24.4. The molecule has 172 valence electrons. The Balaban J connectivity index is 0.000000178. The first-order chi connectivity index (χ1) is 17.1. The number of hydrogen-bond acceptors (Lipinski definition) is 6. The number of rotatable bonds is 3. The number of imide groups is 1. The summed E-state index contributed by atoms with van der Waals surface area (Å²) in [4.78, 5) is 35.0. The molecule has 0 fully saturated rings. The van der Waals surface area contributed by atoms with Crippen LogP contribution in [0.5, 0.6) is 5.75 Å². The molecule has 7 heteroatoms. The summed E-state index contributed by atoms with van der Waals surface area (Å²) >= 11 is 0. The van der Waals surface area contributed by atoms with Gasteiger partial charge >= 0.3 is 0 Å². The fraction of sp³-hybridized carbons (Fsp3) is 0.0714. The molecule has 3 heterocycles. The average molecular weight is 463 g/mol. The Morgan fingerprint density at radius 1 is 0.800 bits per heavy atom. The highest BCUT2D eigenvalue weighted by Gasteiger charge is 2.39. The number of aliphatic hydroxyl groups is 1. The van der Waals surface area contributed by atoms with Gasteiger partial charge in [0.15, 0.2) is 0 Å². The number of ether oxygens (including phenoxy) is 1. The fourth-order valence-corrected chi connectivity index (χ4v) is 4.08. The molecule has 0 radical (unpaired) electrons. The van der Waals surface area contributed by atoms with E-state index in [4.69, 9.17) is 9.84 Å². The number of amides is 2. The summed E-state index contributed by atoms with van der Waals surface area (Å²) in [5.41, 5.74) is 3.90. The monoisotopic (exact) mass is 463 g/mol. The van der Waals surface area contributed by atoms with Crippen molar-refractivity contribution in [1.29, 1.82) is 0 Å². The van der Waals surface area contributed by atoms with Crippen LogP contribution in [0.15, 0.2) is 91.3 Å². The fourth-order valence-electron chi connectivity index (χ4n) is 4.08. The van der Waals surface area contributed by atoms with Crippen LogP contribution < -0.4 is 9.64 Å². The maximum atomic E-state index is 12.7. The highest BCUT2D eigenvalue weighted by Crippen LogP contribution is 2.34. The van der Waals surface area contributed by atoms with Crippen LogP contribution in [0.2, 0.25) is 0 Å². The van der Waals surface area contributed by atoms with Gasteiger partial charge in [0.2, 0.25) is 0 Å². The molecule has 0 unspecified atom stereocenters. The number of anilines is 1. The molecule has 3 aromatic carbocycles. The van der Waals surface area contributed by atoms with Crippen molar-refractivity contribution in [3.8, 4) is 5.75 Å². The lowest BCUT2D eigenvalue weighted by atomic mass is 10.1. The smallest absolute Gasteiger partial charge is 0.269 e. The quantitative estimate of drug-likeness (QED) is 0.388. The third kappa shape index (κ3) is 4.09. The van der Waals surface area contributed by atoms with Gasteiger partial charge in [-0.15, -0.1) is 0 Å². The highest BCUT2D eigenvalue weighted by molar-refractivity contribution is 6.35. The largest absolute Gasteiger partial charge is 0.496 e. The topological polar surface area (TPSA) is 92.6 Å². The highest BCUT2D eigenvalue weighted by atomic mass is 16.5. The summed E-state index contributed by atoms with van der Waals surface area (Å²) in [6, 6.07) is 23.7. The molecule has 0 aliphatic carbocycles. The maximum Gasteiger partial charge on any atom is 0.269 e. The Labute approximate surface area is 201 Å². The van der Waals surface area contributed by atoms with Crippen LogP contribution in [0.1, 0.15) is 26.3 Å². The van der Waals surface area contributed by atoms with Gasteiger partial charge in [-0.25, -0.2) is 4.90 Å². The van der Waals surface area contributed by atoms with Crippen molar-refractivity contribution in [2.75, 3.05) is 12.0 Å². The number of carbonyl (C=O) groups excluding carboxylic acids is 2. The predicted molar refractivity (Wildman–Crippen MR) is 134 cm³/mol. The molecule has 0 atom stereocenters. The van der Waals surface area contributed by atoms with Crippen molar-refractivity contribution in [3.05, 3.63) is 108 Å². The molecule has 0 bridgehead atoms. The minimum Gasteiger partial charge on any atom is -0.496 e. The summed E-state index contributed by atoms with van der Waals surface area (Å²) in [6.45, 7) is 0.0881. The number of benzene rings is 3. The number of methoxy groups -OCH3 is 1. The van der Waals surface area contributed by atoms with Crippen molar-refractivity contribution in [3.63, 3.8) is 0 Å². The van der Waals surface area contributed by atoms with Crippen LogP contribution in [-0.2, 0) is 6.61 Å². The molecule has 5 aromatic rings. The molecule has 1 aliphatic heterocycles. The van der Waals surface area contributed by atoms with E-state index in [1.54, 1.807) is 48.8 Å². The number of fused-ring (bicyclic) bond motifs is 3. The number of aromatic nitrogens is 2. The Hall–Kier alpha value is -4.62. The molecular weight excluding hydrogens is 442 g/mol. The zero-order valence-corrected chi connectivity index (χ0v) is 18.9. The molecule has 35 heavy (non-hydrogen) atoms. The second-order valence-electron chi connectivity index (χ2n) is 7.90. The molecule has 1 aliphatic rings. The lowest BCUT2D eigenvalue weighted by Crippen LogP contribution is -2.29. The van der Waals surface area contributed by atoms with Gasteiger partial charge in [-0.1, -0.05) is 24.3 Å². The van der Waals surface area contributed by atoms with E-state index in [1.807, 2.05) is 42.5 Å². The standard InChI is InChI=1S/C18H12N2O3.C10H9NO/c1-23-15-6-2-5-13-16(15)18(22)20(17(13)21)12-7-8-14-11(10-12)4-3-9-19-14;12-7-8-3-4-10-9(6-8)2-1-5-11-10/h2-10H,1H3;1-6,12H,7H2. The van der Waals surface area contributed by atoms with Gasteiger partial charge < -0.3 is 9.84 Å². The van der Waals surface area contributed by atoms with E-state index < -0.39 is 0 Å². The van der Waals surface area contributed by atoms with E-state index in [0.717, 1.165) is 27.4 Å². The summed E-state index contributed by atoms with van der Waals surface area (Å²) in [5, 5.41) is 10.8. The van der Waals surface area contributed by atoms with Gasteiger partial charge in [0.05, 0.1) is 41.6 Å². The molecule has 6 rings (SSSR count). The third-order valence-electron chi connectivity index (χ3n) is 5.79. The Bertz CT molecular complexity index is 1580. The Morgan fingerprint density at radius 2 is 1.49 bits per heavy atom. The van der Waals surface area contributed by atoms with Gasteiger partial charge in [0.25, 0.3) is 11.8 Å². The van der Waals surface area contributed by atoms with Crippen molar-refractivity contribution >= 4 is 39.3 Å². The van der Waals surface area contributed by atoms with Crippen LogP contribution in [-0.4, -0.2) is 34.0 Å². The van der Waals surface area contributed by atoms with Crippen molar-refractivity contribution < 1.29 is 19.4 Å². The summed E-state index contributed by atoms with van der Waals surface area (Å²) in [5.74, 6) is -0.302. The summed E-state index contributed by atoms with van der Waals surface area (Å²) in [6.07, 6.45) is 3.47. The first-order valence-corrected chi connectivity index (χ1v) is 11.0. The van der Waals surface area contributed by atoms with E-state index in [2.05, 4.69) is 9.97 Å². The molecule has 2 aromatic heterocycles. The van der Waals surface area contributed by atoms with Gasteiger partial charge in [0, 0.05) is 23.2 Å². The SMILES string of the molecule is COc1cccc2c1C(=O)N(c1ccc3ncccc3c1)C2=O.OCc1ccc2ncccc2c1. The third-order valence-corrected chi connectivity index (χ3v) is 5.79. The molecule has 0 saturated carbocycles. The average Bonchev–Trinajstić information content (AvgIpc) is 3.18. The molecule has 0 saturated heterocycles. The lowest BCUT2D eigenvalue weighted by Gasteiger charge is -2.14. The van der Waals surface area contributed by atoms with Crippen LogP contribution in [0.3, 0.4) is 0 Å². The number of aliphatic hydroxyl groups excluding tert-OH is 1. The normalized spacial score (nSPS) is 12.5. The lowest BCUT2D eigenvalue weighted by molar-refractivity contribution is 0.0925. The van der Waals surface area contributed by atoms with Crippen molar-refractivity contribution in [1.82, 2.24) is 9.97 Å². The zero-order valence-electron chi connectivity index (χ0n) is 18.9. The van der Waals surface area contributed by atoms with E-state index in [0.29, 0.717) is 22.6 Å². The van der Waals surface area contributed by atoms with E-state index in [1.165, 1.54) is 12.0 Å². The van der Waals surface area contributed by atoms with Gasteiger partial charge in [0.1, 0.15) is 5.75 Å². The second-order valence-corrected chi connectivity index (χ2v) is 7.90. The first-order valence-electron chi connectivity index (χ1n) is 11.0. The van der Waals surface area contributed by atoms with Crippen LogP contribution in [0.4, 0.5) is 5.69 Å². The van der Waals surface area contributed by atoms with Crippen LogP contribution in [0.25, 0.3) is 21.8 Å². The molecule has 7 nitrogen and oxygen atoms in total. The number of pyridine rings is 2. The Kier molecular flexibility index (Phi) is 5.91. The van der Waals surface area contributed by atoms with E-state index >= 15 is 0 Å². The summed E-state index contributed by atoms with van der Waals surface area (Å²) in [7, 11) is 1.48. The van der Waals surface area contributed by atoms with E-state index in [-0.39, 0.29) is 18.4 Å². The van der Waals surface area contributed by atoms with Crippen molar-refractivity contribution in [2.45, 2.75) is 6.61 Å². The van der Waals surface area contributed by atoms with Crippen LogP contribution >= 0.6 is 0 Å².